The maximum absolute atomic E-state index is 12.6. The molecule has 4 rings (SSSR count). The predicted octanol–water partition coefficient (Wildman–Crippen LogP) is 4.81. The van der Waals surface area contributed by atoms with Crippen LogP contribution >= 0.6 is 0 Å². The molecular formula is C18H12NO-. The Balaban J connectivity index is 2.19. The van der Waals surface area contributed by atoms with Gasteiger partial charge in [0.15, 0.2) is 0 Å². The second-order valence-corrected chi connectivity index (χ2v) is 4.88. The van der Waals surface area contributed by atoms with Crippen LogP contribution in [-0.4, -0.2) is 4.73 Å². The van der Waals surface area contributed by atoms with Gasteiger partial charge in [-0.2, -0.15) is 0 Å². The molecule has 0 aliphatic heterocycles. The maximum Gasteiger partial charge on any atom is 0.0523 e. The van der Waals surface area contributed by atoms with Gasteiger partial charge in [0.1, 0.15) is 0 Å². The Kier molecular flexibility index (Phi) is 2.30. The first kappa shape index (κ1) is 11.1. The summed E-state index contributed by atoms with van der Waals surface area (Å²) < 4.78 is 1.05. The normalized spacial score (nSPS) is 11.2. The molecule has 0 unspecified atom stereocenters. The molecule has 0 aliphatic carbocycles. The van der Waals surface area contributed by atoms with Crippen LogP contribution in [0.3, 0.4) is 0 Å². The number of hydrogen-bond donors (Lipinski definition) is 0. The van der Waals surface area contributed by atoms with Crippen molar-refractivity contribution < 1.29 is 0 Å². The molecule has 0 spiro atoms. The molecule has 0 amide bonds. The van der Waals surface area contributed by atoms with Gasteiger partial charge in [0, 0.05) is 21.9 Å². The van der Waals surface area contributed by atoms with Gasteiger partial charge in [-0.3, -0.25) is 0 Å². The molecule has 20 heavy (non-hydrogen) atoms. The summed E-state index contributed by atoms with van der Waals surface area (Å²) >= 11 is 0. The van der Waals surface area contributed by atoms with E-state index >= 15 is 0 Å². The first-order valence-corrected chi connectivity index (χ1v) is 6.61. The molecule has 0 saturated heterocycles. The number of fused-ring (bicyclic) bond motifs is 3. The highest BCUT2D eigenvalue weighted by Crippen LogP contribution is 2.34. The molecule has 0 radical (unpaired) electrons. The van der Waals surface area contributed by atoms with E-state index in [0.717, 1.165) is 37.7 Å². The summed E-state index contributed by atoms with van der Waals surface area (Å²) in [4.78, 5) is 0. The lowest BCUT2D eigenvalue weighted by atomic mass is 10.0. The molecule has 3 aromatic carbocycles. The van der Waals surface area contributed by atoms with Crippen molar-refractivity contribution in [2.24, 2.45) is 0 Å². The number of para-hydroxylation sites is 2. The third-order valence-electron chi connectivity index (χ3n) is 3.74. The van der Waals surface area contributed by atoms with Gasteiger partial charge in [-0.25, -0.2) is 0 Å². The molecular weight excluding hydrogens is 246 g/mol. The minimum absolute atomic E-state index is 0.728. The number of rotatable bonds is 1. The number of nitrogens with zero attached hydrogens (tertiary/aromatic N) is 1. The first-order chi connectivity index (χ1) is 9.86. The van der Waals surface area contributed by atoms with Crippen LogP contribution in [0.25, 0.3) is 32.9 Å². The van der Waals surface area contributed by atoms with Crippen LogP contribution in [-0.2, 0) is 0 Å². The zero-order valence-corrected chi connectivity index (χ0v) is 10.8. The lowest BCUT2D eigenvalue weighted by molar-refractivity contribution is 1.22. The average Bonchev–Trinajstić information content (AvgIpc) is 2.82. The van der Waals surface area contributed by atoms with Gasteiger partial charge in [0.2, 0.25) is 0 Å². The highest BCUT2D eigenvalue weighted by Gasteiger charge is 2.10. The van der Waals surface area contributed by atoms with Gasteiger partial charge in [-0.15, -0.1) is 0 Å². The summed E-state index contributed by atoms with van der Waals surface area (Å²) in [5, 5.41) is 14.6. The average molecular weight is 258 g/mol. The summed E-state index contributed by atoms with van der Waals surface area (Å²) in [5.74, 6) is 0. The molecule has 2 heteroatoms. The minimum Gasteiger partial charge on any atom is -0.805 e. The van der Waals surface area contributed by atoms with E-state index in [0.29, 0.717) is 0 Å². The van der Waals surface area contributed by atoms with Gasteiger partial charge in [0.05, 0.1) is 5.52 Å². The summed E-state index contributed by atoms with van der Waals surface area (Å²) in [6.45, 7) is 0. The highest BCUT2D eigenvalue weighted by molar-refractivity contribution is 6.12. The van der Waals surface area contributed by atoms with E-state index in [-0.39, 0.29) is 0 Å². The van der Waals surface area contributed by atoms with Crippen LogP contribution < -0.4 is 0 Å². The molecule has 1 heterocycles. The van der Waals surface area contributed by atoms with Crippen molar-refractivity contribution in [2.75, 3.05) is 0 Å². The number of hydrogen-bond acceptors (Lipinski definition) is 1. The van der Waals surface area contributed by atoms with Gasteiger partial charge in [-0.1, -0.05) is 66.7 Å². The van der Waals surface area contributed by atoms with Crippen LogP contribution in [0.15, 0.2) is 72.8 Å². The SMILES string of the molecule is [O-]n1c2ccccc2c2cccc(-c3ccccc3)c21. The van der Waals surface area contributed by atoms with Crippen LogP contribution in [0.2, 0.25) is 0 Å². The second kappa shape index (κ2) is 4.14. The minimum atomic E-state index is 0.728. The summed E-state index contributed by atoms with van der Waals surface area (Å²) in [6, 6.07) is 23.8. The van der Waals surface area contributed by atoms with Crippen LogP contribution in [0.5, 0.6) is 0 Å². The van der Waals surface area contributed by atoms with Crippen molar-refractivity contribution in [1.29, 1.82) is 0 Å². The van der Waals surface area contributed by atoms with Crippen molar-refractivity contribution in [1.82, 2.24) is 4.73 Å². The van der Waals surface area contributed by atoms with Crippen molar-refractivity contribution in [3.05, 3.63) is 78.0 Å². The third kappa shape index (κ3) is 1.45. The van der Waals surface area contributed by atoms with E-state index in [1.165, 1.54) is 0 Å². The van der Waals surface area contributed by atoms with Crippen LogP contribution in [0.1, 0.15) is 0 Å². The zero-order chi connectivity index (χ0) is 13.5. The van der Waals surface area contributed by atoms with E-state index in [1.807, 2.05) is 72.8 Å². The molecule has 96 valence electrons. The fourth-order valence-electron chi connectivity index (χ4n) is 2.83. The van der Waals surface area contributed by atoms with E-state index in [2.05, 4.69) is 0 Å². The zero-order valence-electron chi connectivity index (χ0n) is 10.8. The third-order valence-corrected chi connectivity index (χ3v) is 3.74. The van der Waals surface area contributed by atoms with E-state index in [9.17, 15) is 5.21 Å². The Morgan fingerprint density at radius 3 is 2.20 bits per heavy atom. The Morgan fingerprint density at radius 2 is 1.35 bits per heavy atom. The first-order valence-electron chi connectivity index (χ1n) is 6.61. The van der Waals surface area contributed by atoms with E-state index < -0.39 is 0 Å². The van der Waals surface area contributed by atoms with Crippen molar-refractivity contribution >= 4 is 21.8 Å². The molecule has 0 N–H and O–H groups in total. The number of aromatic nitrogens is 1. The van der Waals surface area contributed by atoms with Crippen molar-refractivity contribution in [3.8, 4) is 11.1 Å². The van der Waals surface area contributed by atoms with Gasteiger partial charge in [-0.05, 0) is 11.6 Å². The van der Waals surface area contributed by atoms with Crippen molar-refractivity contribution in [2.45, 2.75) is 0 Å². The lowest BCUT2D eigenvalue weighted by Gasteiger charge is -2.13. The Labute approximate surface area is 116 Å². The maximum atomic E-state index is 12.6. The Bertz CT molecular complexity index is 907. The molecule has 0 atom stereocenters. The topological polar surface area (TPSA) is 28.0 Å². The smallest absolute Gasteiger partial charge is 0.0523 e. The summed E-state index contributed by atoms with van der Waals surface area (Å²) in [6.07, 6.45) is 0. The second-order valence-electron chi connectivity index (χ2n) is 4.88. The molecule has 0 fully saturated rings. The monoisotopic (exact) mass is 258 g/mol. The standard InChI is InChI=1S/C18H12NO/c20-19-17-12-5-4-9-15(17)16-11-6-10-14(18(16)19)13-7-2-1-3-8-13/h1-12H/q-1. The Hall–Kier alpha value is -2.74. The van der Waals surface area contributed by atoms with E-state index in [4.69, 9.17) is 0 Å². The van der Waals surface area contributed by atoms with Crippen LogP contribution in [0.4, 0.5) is 0 Å². The van der Waals surface area contributed by atoms with Crippen LogP contribution in [0, 0.1) is 5.21 Å². The molecule has 0 saturated carbocycles. The fraction of sp³-hybridized carbons (Fsp3) is 0. The molecule has 0 bridgehead atoms. The van der Waals surface area contributed by atoms with E-state index in [1.54, 1.807) is 0 Å². The predicted molar refractivity (Wildman–Crippen MR) is 83.6 cm³/mol. The fourth-order valence-corrected chi connectivity index (χ4v) is 2.83. The summed E-state index contributed by atoms with van der Waals surface area (Å²) in [5.41, 5.74) is 3.53. The highest BCUT2D eigenvalue weighted by atomic mass is 16.5. The van der Waals surface area contributed by atoms with Gasteiger partial charge >= 0.3 is 0 Å². The molecule has 1 aromatic heterocycles. The lowest BCUT2D eigenvalue weighted by Crippen LogP contribution is -1.87. The number of benzene rings is 3. The largest absolute Gasteiger partial charge is 0.805 e. The van der Waals surface area contributed by atoms with Gasteiger partial charge in [0.25, 0.3) is 0 Å². The summed E-state index contributed by atoms with van der Waals surface area (Å²) in [7, 11) is 0. The Morgan fingerprint density at radius 1 is 0.650 bits per heavy atom. The molecule has 2 nitrogen and oxygen atoms in total. The molecule has 0 aliphatic rings. The quantitative estimate of drug-likeness (QED) is 0.481. The molecule has 4 aromatic rings. The van der Waals surface area contributed by atoms with Gasteiger partial charge < -0.3 is 9.94 Å². The van der Waals surface area contributed by atoms with Crippen molar-refractivity contribution in [3.63, 3.8) is 0 Å².